The van der Waals surface area contributed by atoms with E-state index in [0.29, 0.717) is 14.5 Å². The third kappa shape index (κ3) is 1.21. The molecule has 0 aliphatic carbocycles. The van der Waals surface area contributed by atoms with Crippen LogP contribution in [0.15, 0.2) is 16.5 Å². The van der Waals surface area contributed by atoms with Gasteiger partial charge >= 0.3 is 77.4 Å². The molecular weight excluding hydrogens is 215 g/mol. The molecule has 0 atom stereocenters. The molecule has 0 N–H and O–H groups in total. The summed E-state index contributed by atoms with van der Waals surface area (Å²) in [4.78, 5) is 0. The van der Waals surface area contributed by atoms with Crippen LogP contribution in [0.4, 0.5) is 0 Å². The molecule has 0 saturated carbocycles. The first-order valence-corrected chi connectivity index (χ1v) is 5.68. The fraction of sp³-hybridized carbons (Fsp3) is 0.300. The topological polar surface area (TPSA) is 11.3 Å². The van der Waals surface area contributed by atoms with Crippen molar-refractivity contribution in [1.82, 2.24) is 0 Å². The van der Waals surface area contributed by atoms with Crippen molar-refractivity contribution in [2.45, 2.75) is 20.8 Å². The van der Waals surface area contributed by atoms with Gasteiger partial charge < -0.3 is 0 Å². The van der Waals surface area contributed by atoms with Crippen molar-refractivity contribution in [3.8, 4) is 0 Å². The molecule has 1 nitrogen and oxygen atoms in total. The van der Waals surface area contributed by atoms with Gasteiger partial charge in [0.1, 0.15) is 0 Å². The molecule has 2 aromatic heterocycles. The van der Waals surface area contributed by atoms with Crippen molar-refractivity contribution in [2.24, 2.45) is 0 Å². The zero-order chi connectivity index (χ0) is 8.72. The van der Waals surface area contributed by atoms with Crippen LogP contribution in [0.25, 0.3) is 9.65 Å². The Hall–Kier alpha value is -0.591. The quantitative estimate of drug-likeness (QED) is 0.496. The van der Waals surface area contributed by atoms with Crippen molar-refractivity contribution in [3.63, 3.8) is 0 Å². The summed E-state index contributed by atoms with van der Waals surface area (Å²) in [6, 6.07) is 4.41. The van der Waals surface area contributed by atoms with E-state index >= 15 is 0 Å². The van der Waals surface area contributed by atoms with Gasteiger partial charge in [0.15, 0.2) is 0 Å². The maximum atomic E-state index is 5.53. The van der Waals surface area contributed by atoms with Gasteiger partial charge in [-0.15, -0.1) is 0 Å². The first kappa shape index (κ1) is 8.03. The van der Waals surface area contributed by atoms with E-state index in [1.165, 1.54) is 14.1 Å². The number of hydrogen-bond donors (Lipinski definition) is 0. The first-order chi connectivity index (χ1) is 5.66. The van der Waals surface area contributed by atoms with Crippen LogP contribution in [-0.2, 0) is 0 Å². The van der Waals surface area contributed by atoms with Crippen molar-refractivity contribution >= 4 is 24.1 Å². The summed E-state index contributed by atoms with van der Waals surface area (Å²) in [7, 11) is 0. The zero-order valence-corrected chi connectivity index (χ0v) is 9.18. The Morgan fingerprint density at radius 2 is 1.92 bits per heavy atom. The van der Waals surface area contributed by atoms with E-state index in [2.05, 4.69) is 19.1 Å². The molecule has 0 unspecified atom stereocenters. The van der Waals surface area contributed by atoms with Gasteiger partial charge in [0, 0.05) is 0 Å². The zero-order valence-electron chi connectivity index (χ0n) is 7.47. The molecule has 0 saturated heterocycles. The van der Waals surface area contributed by atoms with Crippen LogP contribution in [0.2, 0.25) is 0 Å². The van der Waals surface area contributed by atoms with E-state index in [-0.39, 0.29) is 0 Å². The molecule has 2 aromatic rings. The molecule has 2 rings (SSSR count). The minimum atomic E-state index is 0.543. The first-order valence-electron chi connectivity index (χ1n) is 3.97. The Morgan fingerprint density at radius 1 is 1.17 bits per heavy atom. The molecule has 0 aliphatic heterocycles. The molecule has 12 heavy (non-hydrogen) atoms. The minimum absolute atomic E-state index is 0.543. The van der Waals surface area contributed by atoms with Crippen molar-refractivity contribution < 1.29 is 4.42 Å². The van der Waals surface area contributed by atoms with Gasteiger partial charge in [-0.25, -0.2) is 0 Å². The summed E-state index contributed by atoms with van der Waals surface area (Å²) in [5.41, 5.74) is 0. The van der Waals surface area contributed by atoms with Crippen molar-refractivity contribution in [3.05, 3.63) is 28.1 Å². The molecule has 0 aromatic carbocycles. The SMILES string of the molecule is Cc1cc2[se]c(C)cc2c(C)[o+]1. The predicted molar refractivity (Wildman–Crippen MR) is 51.8 cm³/mol. The van der Waals surface area contributed by atoms with Crippen LogP contribution < -0.4 is 0 Å². The molecule has 0 spiro atoms. The summed E-state index contributed by atoms with van der Waals surface area (Å²) >= 11 is 0.543. The molecule has 0 bridgehead atoms. The van der Waals surface area contributed by atoms with Gasteiger partial charge in [-0.05, 0) is 0 Å². The van der Waals surface area contributed by atoms with Crippen molar-refractivity contribution in [1.29, 1.82) is 0 Å². The summed E-state index contributed by atoms with van der Waals surface area (Å²) in [5.74, 6) is 2.08. The van der Waals surface area contributed by atoms with Gasteiger partial charge in [0.2, 0.25) is 0 Å². The van der Waals surface area contributed by atoms with Crippen LogP contribution in [-0.4, -0.2) is 14.5 Å². The molecule has 0 amide bonds. The van der Waals surface area contributed by atoms with E-state index in [1.807, 2.05) is 13.8 Å². The number of aryl methyl sites for hydroxylation is 3. The van der Waals surface area contributed by atoms with Crippen LogP contribution in [0.1, 0.15) is 16.0 Å². The van der Waals surface area contributed by atoms with Crippen molar-refractivity contribution in [2.75, 3.05) is 0 Å². The second-order valence-electron chi connectivity index (χ2n) is 3.05. The Morgan fingerprint density at radius 3 is 2.67 bits per heavy atom. The van der Waals surface area contributed by atoms with Gasteiger partial charge in [-0.2, -0.15) is 0 Å². The predicted octanol–water partition coefficient (Wildman–Crippen LogP) is 2.70. The van der Waals surface area contributed by atoms with Gasteiger partial charge in [-0.1, -0.05) is 0 Å². The van der Waals surface area contributed by atoms with E-state index in [0.717, 1.165) is 11.5 Å². The second kappa shape index (κ2) is 2.72. The third-order valence-electron chi connectivity index (χ3n) is 1.91. The van der Waals surface area contributed by atoms with Gasteiger partial charge in [0.05, 0.1) is 0 Å². The number of rotatable bonds is 0. The van der Waals surface area contributed by atoms with Crippen LogP contribution in [0.3, 0.4) is 0 Å². The summed E-state index contributed by atoms with van der Waals surface area (Å²) in [6.45, 7) is 6.24. The molecule has 0 radical (unpaired) electrons. The van der Waals surface area contributed by atoms with E-state index in [9.17, 15) is 0 Å². The van der Waals surface area contributed by atoms with E-state index in [4.69, 9.17) is 4.42 Å². The Balaban J connectivity index is 2.88. The molecule has 2 heteroatoms. The third-order valence-corrected chi connectivity index (χ3v) is 4.00. The average Bonchev–Trinajstić information content (AvgIpc) is 2.29. The molecule has 0 aliphatic rings. The van der Waals surface area contributed by atoms with Crippen LogP contribution in [0, 0.1) is 20.8 Å². The maximum absolute atomic E-state index is 5.53. The fourth-order valence-corrected chi connectivity index (χ4v) is 3.65. The fourth-order valence-electron chi connectivity index (χ4n) is 1.43. The molecule has 0 fully saturated rings. The number of hydrogen-bond acceptors (Lipinski definition) is 0. The monoisotopic (exact) mass is 227 g/mol. The Labute approximate surface area is 77.8 Å². The van der Waals surface area contributed by atoms with Crippen LogP contribution >= 0.6 is 0 Å². The van der Waals surface area contributed by atoms with Gasteiger partial charge in [-0.3, -0.25) is 0 Å². The summed E-state index contributed by atoms with van der Waals surface area (Å²) in [6.07, 6.45) is 0. The molecular formula is C10H11OSe+. The standard InChI is InChI=1S/C10H11OSe/c1-6-4-10-9(8(3)11-6)5-7(2)12-10/h4-5H,1-3H3/q+1. The summed E-state index contributed by atoms with van der Waals surface area (Å²) < 4.78 is 8.49. The van der Waals surface area contributed by atoms with Crippen LogP contribution in [0.5, 0.6) is 0 Å². The number of fused-ring (bicyclic) bond motifs is 1. The molecule has 62 valence electrons. The Kier molecular flexibility index (Phi) is 1.82. The average molecular weight is 226 g/mol. The van der Waals surface area contributed by atoms with E-state index < -0.39 is 0 Å². The molecule has 2 heterocycles. The second-order valence-corrected chi connectivity index (χ2v) is 5.75. The van der Waals surface area contributed by atoms with E-state index in [1.54, 1.807) is 0 Å². The Bertz CT molecular complexity index is 429. The van der Waals surface area contributed by atoms with Gasteiger partial charge in [0.25, 0.3) is 0 Å². The summed E-state index contributed by atoms with van der Waals surface area (Å²) in [5, 5.41) is 1.32. The normalized spacial score (nSPS) is 10.9.